The van der Waals surface area contributed by atoms with Crippen molar-refractivity contribution in [1.82, 2.24) is 9.80 Å². The fourth-order valence-corrected chi connectivity index (χ4v) is 3.81. The summed E-state index contributed by atoms with van der Waals surface area (Å²) in [6, 6.07) is 12.8. The Morgan fingerprint density at radius 3 is 2.73 bits per heavy atom. The van der Waals surface area contributed by atoms with E-state index in [1.807, 2.05) is 6.07 Å². The normalized spacial score (nSPS) is 16.7. The fourth-order valence-electron chi connectivity index (χ4n) is 3.81. The van der Waals surface area contributed by atoms with E-state index in [1.54, 1.807) is 23.1 Å². The maximum Gasteiger partial charge on any atom is 0.387 e. The summed E-state index contributed by atoms with van der Waals surface area (Å²) in [5.41, 5.74) is 2.97. The number of piperazine rings is 1. The zero-order valence-electron chi connectivity index (χ0n) is 16.6. The summed E-state index contributed by atoms with van der Waals surface area (Å²) in [6.07, 6.45) is 3.91. The average Bonchev–Trinajstić information content (AvgIpc) is 3.21. The van der Waals surface area contributed by atoms with Crippen LogP contribution in [0.3, 0.4) is 0 Å². The lowest BCUT2D eigenvalue weighted by Crippen LogP contribution is -2.47. The summed E-state index contributed by atoms with van der Waals surface area (Å²) in [7, 11) is 0. The summed E-state index contributed by atoms with van der Waals surface area (Å²) in [6.45, 7) is 1.55. The molecule has 0 bridgehead atoms. The van der Waals surface area contributed by atoms with Crippen LogP contribution >= 0.6 is 0 Å². The number of amides is 1. The molecule has 7 heteroatoms. The lowest BCUT2D eigenvalue weighted by molar-refractivity contribution is -0.127. The Morgan fingerprint density at radius 1 is 1.13 bits per heavy atom. The van der Waals surface area contributed by atoms with E-state index in [1.165, 1.54) is 29.3 Å². The third-order valence-corrected chi connectivity index (χ3v) is 5.38. The Kier molecular flexibility index (Phi) is 6.28. The molecule has 158 valence electrons. The lowest BCUT2D eigenvalue weighted by Gasteiger charge is -2.34. The van der Waals surface area contributed by atoms with E-state index >= 15 is 0 Å². The number of fused-ring (bicyclic) bond motifs is 1. The van der Waals surface area contributed by atoms with Gasteiger partial charge in [-0.05, 0) is 29.3 Å². The van der Waals surface area contributed by atoms with Crippen LogP contribution in [0.4, 0.5) is 8.78 Å². The monoisotopic (exact) mass is 414 g/mol. The zero-order valence-corrected chi connectivity index (χ0v) is 16.6. The van der Waals surface area contributed by atoms with E-state index in [0.29, 0.717) is 18.7 Å². The zero-order chi connectivity index (χ0) is 20.9. The van der Waals surface area contributed by atoms with Crippen LogP contribution in [0.5, 0.6) is 11.5 Å². The first kappa shape index (κ1) is 20.3. The van der Waals surface area contributed by atoms with E-state index in [2.05, 4.69) is 21.8 Å². The van der Waals surface area contributed by atoms with E-state index in [0.717, 1.165) is 38.4 Å². The van der Waals surface area contributed by atoms with Crippen LogP contribution in [0.25, 0.3) is 6.08 Å². The summed E-state index contributed by atoms with van der Waals surface area (Å²) < 4.78 is 35.1. The van der Waals surface area contributed by atoms with Crippen LogP contribution in [-0.2, 0) is 17.8 Å². The van der Waals surface area contributed by atoms with Gasteiger partial charge in [-0.1, -0.05) is 30.3 Å². The topological polar surface area (TPSA) is 42.0 Å². The number of ether oxygens (including phenoxy) is 2. The first-order valence-electron chi connectivity index (χ1n) is 10.1. The molecular formula is C23H24F2N2O3. The molecule has 0 unspecified atom stereocenters. The standard InChI is InChI=1S/C23H24F2N2O3/c24-23(25)30-21-4-2-1-3-18(21)6-8-22(28)27-12-10-26(11-13-27)16-17-5-7-20-19(15-17)9-14-29-20/h1-8,15,23H,9-14,16H2/b8-6+. The van der Waals surface area contributed by atoms with Gasteiger partial charge in [0.05, 0.1) is 6.61 Å². The fraction of sp³-hybridized carbons (Fsp3) is 0.348. The number of rotatable bonds is 6. The molecule has 2 aliphatic rings. The molecule has 0 radical (unpaired) electrons. The van der Waals surface area contributed by atoms with Crippen molar-refractivity contribution in [3.05, 3.63) is 65.2 Å². The number of carbonyl (C=O) groups is 1. The first-order chi connectivity index (χ1) is 14.6. The smallest absolute Gasteiger partial charge is 0.387 e. The average molecular weight is 414 g/mol. The quantitative estimate of drug-likeness (QED) is 0.678. The highest BCUT2D eigenvalue weighted by Gasteiger charge is 2.20. The second-order valence-corrected chi connectivity index (χ2v) is 7.39. The highest BCUT2D eigenvalue weighted by atomic mass is 19.3. The SMILES string of the molecule is O=C(/C=C/c1ccccc1OC(F)F)N1CCN(Cc2ccc3c(c2)CCO3)CC1. The van der Waals surface area contributed by atoms with Crippen molar-refractivity contribution in [2.45, 2.75) is 19.6 Å². The minimum absolute atomic E-state index is 0.0566. The molecular weight excluding hydrogens is 390 g/mol. The van der Waals surface area contributed by atoms with Gasteiger partial charge < -0.3 is 14.4 Å². The molecule has 30 heavy (non-hydrogen) atoms. The van der Waals surface area contributed by atoms with Gasteiger partial charge in [-0.25, -0.2) is 0 Å². The number of nitrogens with zero attached hydrogens (tertiary/aromatic N) is 2. The molecule has 2 aromatic carbocycles. The molecule has 1 saturated heterocycles. The number of alkyl halides is 2. The molecule has 5 nitrogen and oxygen atoms in total. The highest BCUT2D eigenvalue weighted by Crippen LogP contribution is 2.26. The van der Waals surface area contributed by atoms with Gasteiger partial charge in [0.1, 0.15) is 11.5 Å². The van der Waals surface area contributed by atoms with Crippen molar-refractivity contribution in [3.63, 3.8) is 0 Å². The van der Waals surface area contributed by atoms with E-state index in [-0.39, 0.29) is 11.7 Å². The predicted molar refractivity (Wildman–Crippen MR) is 110 cm³/mol. The van der Waals surface area contributed by atoms with Crippen molar-refractivity contribution in [2.24, 2.45) is 0 Å². The molecule has 4 rings (SSSR count). The minimum atomic E-state index is -2.90. The van der Waals surface area contributed by atoms with E-state index in [9.17, 15) is 13.6 Å². The Morgan fingerprint density at radius 2 is 1.93 bits per heavy atom. The number of benzene rings is 2. The van der Waals surface area contributed by atoms with Gasteiger partial charge in [0, 0.05) is 50.8 Å². The van der Waals surface area contributed by atoms with Crippen molar-refractivity contribution in [2.75, 3.05) is 32.8 Å². The second kappa shape index (κ2) is 9.26. The number of para-hydroxylation sites is 1. The molecule has 0 N–H and O–H groups in total. The van der Waals surface area contributed by atoms with E-state index < -0.39 is 6.61 Å². The van der Waals surface area contributed by atoms with Crippen LogP contribution in [-0.4, -0.2) is 55.1 Å². The summed E-state index contributed by atoms with van der Waals surface area (Å²) in [4.78, 5) is 16.6. The highest BCUT2D eigenvalue weighted by molar-refractivity contribution is 5.92. The Labute approximate surface area is 174 Å². The van der Waals surface area contributed by atoms with E-state index in [4.69, 9.17) is 4.74 Å². The second-order valence-electron chi connectivity index (χ2n) is 7.39. The molecule has 0 aromatic heterocycles. The van der Waals surface area contributed by atoms with Gasteiger partial charge in [-0.2, -0.15) is 8.78 Å². The van der Waals surface area contributed by atoms with Gasteiger partial charge in [0.15, 0.2) is 0 Å². The van der Waals surface area contributed by atoms with Crippen LogP contribution in [0.1, 0.15) is 16.7 Å². The summed E-state index contributed by atoms with van der Waals surface area (Å²) in [5, 5.41) is 0. The van der Waals surface area contributed by atoms with Crippen LogP contribution in [0, 0.1) is 0 Å². The van der Waals surface area contributed by atoms with Crippen LogP contribution in [0.2, 0.25) is 0 Å². The minimum Gasteiger partial charge on any atom is -0.493 e. The Bertz CT molecular complexity index is 924. The third-order valence-electron chi connectivity index (χ3n) is 5.38. The molecule has 0 atom stereocenters. The molecule has 2 aliphatic heterocycles. The molecule has 2 heterocycles. The summed E-state index contributed by atoms with van der Waals surface area (Å²) >= 11 is 0. The number of halogens is 2. The molecule has 0 aliphatic carbocycles. The van der Waals surface area contributed by atoms with Crippen molar-refractivity contribution in [3.8, 4) is 11.5 Å². The third kappa shape index (κ3) is 4.97. The Hall–Kier alpha value is -2.93. The predicted octanol–water partition coefficient (Wildman–Crippen LogP) is 3.58. The van der Waals surface area contributed by atoms with Crippen LogP contribution in [0.15, 0.2) is 48.5 Å². The largest absolute Gasteiger partial charge is 0.493 e. The van der Waals surface area contributed by atoms with Crippen molar-refractivity contribution < 1.29 is 23.0 Å². The lowest BCUT2D eigenvalue weighted by atomic mass is 10.1. The van der Waals surface area contributed by atoms with Gasteiger partial charge in [0.2, 0.25) is 5.91 Å². The molecule has 1 fully saturated rings. The van der Waals surface area contributed by atoms with Crippen molar-refractivity contribution >= 4 is 12.0 Å². The molecule has 2 aromatic rings. The maximum atomic E-state index is 12.5. The Balaban J connectivity index is 1.30. The van der Waals surface area contributed by atoms with Crippen LogP contribution < -0.4 is 9.47 Å². The van der Waals surface area contributed by atoms with Gasteiger partial charge >= 0.3 is 6.61 Å². The van der Waals surface area contributed by atoms with Gasteiger partial charge in [0.25, 0.3) is 0 Å². The number of hydrogen-bond donors (Lipinski definition) is 0. The van der Waals surface area contributed by atoms with Gasteiger partial charge in [-0.3, -0.25) is 9.69 Å². The summed E-state index contributed by atoms with van der Waals surface area (Å²) in [5.74, 6) is 0.916. The molecule has 0 saturated carbocycles. The maximum absolute atomic E-state index is 12.5. The first-order valence-corrected chi connectivity index (χ1v) is 10.1. The van der Waals surface area contributed by atoms with Crippen molar-refractivity contribution in [1.29, 1.82) is 0 Å². The number of carbonyl (C=O) groups excluding carboxylic acids is 1. The molecule has 0 spiro atoms. The number of hydrogen-bond acceptors (Lipinski definition) is 4. The molecule has 1 amide bonds. The van der Waals surface area contributed by atoms with Gasteiger partial charge in [-0.15, -0.1) is 0 Å².